The van der Waals surface area contributed by atoms with Gasteiger partial charge in [-0.15, -0.1) is 0 Å². The Hall–Kier alpha value is -0.490. The number of carbonyl (C=O) groups is 1. The minimum atomic E-state index is -1.22. The van der Waals surface area contributed by atoms with E-state index in [1.54, 1.807) is 0 Å². The second-order valence-corrected chi connectivity index (χ2v) is 4.16. The average Bonchev–Trinajstić information content (AvgIpc) is 2.09. The van der Waals surface area contributed by atoms with Gasteiger partial charge in [0, 0.05) is 5.56 Å². The molecule has 6 heteroatoms. The Morgan fingerprint density at radius 3 is 2.50 bits per heavy atom. The fourth-order valence-electron chi connectivity index (χ4n) is 0.917. The Bertz CT molecular complexity index is 393. The molecule has 0 saturated heterocycles. The quantitative estimate of drug-likeness (QED) is 0.668. The molecular weight excluding hydrogens is 326 g/mol. The largest absolute Gasteiger partial charge is 0.481 e. The zero-order chi connectivity index (χ0) is 10.9. The van der Waals surface area contributed by atoms with Gasteiger partial charge in [-0.25, -0.2) is 8.78 Å². The molecule has 0 aliphatic rings. The molecule has 0 radical (unpaired) electrons. The van der Waals surface area contributed by atoms with Crippen LogP contribution < -0.4 is 0 Å². The summed E-state index contributed by atoms with van der Waals surface area (Å²) in [5.41, 5.74) is -0.196. The lowest BCUT2D eigenvalue weighted by Crippen LogP contribution is -2.05. The van der Waals surface area contributed by atoms with Crippen LogP contribution in [0.1, 0.15) is 5.56 Å². The van der Waals surface area contributed by atoms with Crippen LogP contribution in [-0.2, 0) is 11.2 Å². The number of benzene rings is 1. The van der Waals surface area contributed by atoms with E-state index in [0.29, 0.717) is 0 Å². The smallest absolute Gasteiger partial charge is 0.307 e. The van der Waals surface area contributed by atoms with Gasteiger partial charge in [0.1, 0.15) is 5.82 Å². The molecule has 14 heavy (non-hydrogen) atoms. The zero-order valence-electron chi connectivity index (χ0n) is 6.65. The molecule has 0 aliphatic heterocycles. The summed E-state index contributed by atoms with van der Waals surface area (Å²) in [5.74, 6) is -2.68. The molecule has 0 atom stereocenters. The fourth-order valence-corrected chi connectivity index (χ4v) is 2.13. The molecule has 1 rings (SSSR count). The molecule has 0 aliphatic carbocycles. The van der Waals surface area contributed by atoms with E-state index in [1.807, 2.05) is 0 Å². The van der Waals surface area contributed by atoms with E-state index < -0.39 is 24.0 Å². The maximum absolute atomic E-state index is 13.2. The van der Waals surface area contributed by atoms with Crippen LogP contribution in [0.3, 0.4) is 0 Å². The molecule has 0 aromatic heterocycles. The van der Waals surface area contributed by atoms with E-state index in [-0.39, 0.29) is 14.5 Å². The standard InChI is InChI=1S/C8H4Br2F2O2/c9-4-2-5(11)3(1-6(13)14)7(10)8(4)12/h2H,1H2,(H,13,14). The summed E-state index contributed by atoms with van der Waals surface area (Å²) < 4.78 is 26.1. The van der Waals surface area contributed by atoms with Crippen molar-refractivity contribution >= 4 is 37.8 Å². The summed E-state index contributed by atoms with van der Waals surface area (Å²) in [5, 5.41) is 8.45. The van der Waals surface area contributed by atoms with E-state index in [2.05, 4.69) is 31.9 Å². The number of rotatable bonds is 2. The summed E-state index contributed by atoms with van der Waals surface area (Å²) in [7, 11) is 0. The van der Waals surface area contributed by atoms with Crippen molar-refractivity contribution in [3.63, 3.8) is 0 Å². The highest BCUT2D eigenvalue weighted by atomic mass is 79.9. The van der Waals surface area contributed by atoms with E-state index in [1.165, 1.54) is 0 Å². The molecule has 0 bridgehead atoms. The van der Waals surface area contributed by atoms with Crippen LogP contribution in [0, 0.1) is 11.6 Å². The van der Waals surface area contributed by atoms with Gasteiger partial charge in [-0.3, -0.25) is 4.79 Å². The minimum Gasteiger partial charge on any atom is -0.481 e. The van der Waals surface area contributed by atoms with Crippen molar-refractivity contribution in [1.29, 1.82) is 0 Å². The Labute approximate surface area is 95.2 Å². The van der Waals surface area contributed by atoms with Crippen molar-refractivity contribution < 1.29 is 18.7 Å². The molecule has 0 unspecified atom stereocenters. The second-order valence-electron chi connectivity index (χ2n) is 2.52. The van der Waals surface area contributed by atoms with Crippen molar-refractivity contribution in [3.8, 4) is 0 Å². The Morgan fingerprint density at radius 1 is 1.43 bits per heavy atom. The van der Waals surface area contributed by atoms with Gasteiger partial charge in [0.2, 0.25) is 0 Å². The first kappa shape index (κ1) is 11.6. The van der Waals surface area contributed by atoms with E-state index >= 15 is 0 Å². The third-order valence-corrected chi connectivity index (χ3v) is 2.94. The first-order valence-corrected chi connectivity index (χ1v) is 5.05. The summed E-state index contributed by atoms with van der Waals surface area (Å²) >= 11 is 5.61. The molecule has 0 saturated carbocycles. The predicted octanol–water partition coefficient (Wildman–Crippen LogP) is 3.12. The van der Waals surface area contributed by atoms with Crippen LogP contribution in [0.2, 0.25) is 0 Å². The van der Waals surface area contributed by atoms with E-state index in [0.717, 1.165) is 6.07 Å². The number of halogens is 4. The lowest BCUT2D eigenvalue weighted by molar-refractivity contribution is -0.136. The van der Waals surface area contributed by atoms with Gasteiger partial charge in [-0.1, -0.05) is 0 Å². The maximum Gasteiger partial charge on any atom is 0.307 e. The molecule has 0 heterocycles. The van der Waals surface area contributed by atoms with Gasteiger partial charge < -0.3 is 5.11 Å². The number of carboxylic acids is 1. The molecule has 0 amide bonds. The van der Waals surface area contributed by atoms with Gasteiger partial charge >= 0.3 is 5.97 Å². The van der Waals surface area contributed by atoms with Crippen molar-refractivity contribution in [3.05, 3.63) is 32.2 Å². The van der Waals surface area contributed by atoms with Crippen molar-refractivity contribution in [2.24, 2.45) is 0 Å². The summed E-state index contributed by atoms with van der Waals surface area (Å²) in [4.78, 5) is 10.3. The molecule has 1 aromatic carbocycles. The van der Waals surface area contributed by atoms with Gasteiger partial charge in [-0.05, 0) is 37.9 Å². The van der Waals surface area contributed by atoms with Crippen LogP contribution >= 0.6 is 31.9 Å². The van der Waals surface area contributed by atoms with Gasteiger partial charge in [0.15, 0.2) is 5.82 Å². The Balaban J connectivity index is 3.29. The fraction of sp³-hybridized carbons (Fsp3) is 0.125. The third kappa shape index (κ3) is 2.30. The third-order valence-electron chi connectivity index (χ3n) is 1.54. The van der Waals surface area contributed by atoms with Crippen molar-refractivity contribution in [2.75, 3.05) is 0 Å². The van der Waals surface area contributed by atoms with E-state index in [4.69, 9.17) is 5.11 Å². The Morgan fingerprint density at radius 2 is 2.00 bits per heavy atom. The first-order valence-electron chi connectivity index (χ1n) is 3.47. The zero-order valence-corrected chi connectivity index (χ0v) is 9.82. The summed E-state index contributed by atoms with van der Waals surface area (Å²) in [6, 6.07) is 0.901. The lowest BCUT2D eigenvalue weighted by Gasteiger charge is -2.05. The topological polar surface area (TPSA) is 37.3 Å². The second kappa shape index (κ2) is 4.35. The SMILES string of the molecule is O=C(O)Cc1c(F)cc(Br)c(F)c1Br. The monoisotopic (exact) mass is 328 g/mol. The van der Waals surface area contributed by atoms with Crippen LogP contribution in [-0.4, -0.2) is 11.1 Å². The number of hydrogen-bond acceptors (Lipinski definition) is 1. The van der Waals surface area contributed by atoms with Crippen LogP contribution in [0.15, 0.2) is 15.0 Å². The molecule has 0 fully saturated rings. The number of hydrogen-bond donors (Lipinski definition) is 1. The molecular formula is C8H4Br2F2O2. The first-order chi connectivity index (χ1) is 6.43. The highest BCUT2D eigenvalue weighted by molar-refractivity contribution is 9.11. The van der Waals surface area contributed by atoms with Crippen molar-refractivity contribution in [1.82, 2.24) is 0 Å². The van der Waals surface area contributed by atoms with Crippen LogP contribution in [0.5, 0.6) is 0 Å². The summed E-state index contributed by atoms with van der Waals surface area (Å²) in [6.07, 6.45) is -0.559. The number of aliphatic carboxylic acids is 1. The molecule has 2 nitrogen and oxygen atoms in total. The Kier molecular flexibility index (Phi) is 3.60. The summed E-state index contributed by atoms with van der Waals surface area (Å²) in [6.45, 7) is 0. The molecule has 1 N–H and O–H groups in total. The normalized spacial score (nSPS) is 10.3. The molecule has 1 aromatic rings. The van der Waals surface area contributed by atoms with E-state index in [9.17, 15) is 13.6 Å². The molecule has 0 spiro atoms. The van der Waals surface area contributed by atoms with Crippen LogP contribution in [0.25, 0.3) is 0 Å². The number of carboxylic acid groups (broad SMARTS) is 1. The highest BCUT2D eigenvalue weighted by Gasteiger charge is 2.17. The van der Waals surface area contributed by atoms with Gasteiger partial charge in [0.05, 0.1) is 15.4 Å². The van der Waals surface area contributed by atoms with Crippen molar-refractivity contribution in [2.45, 2.75) is 6.42 Å². The minimum absolute atomic E-state index is 0.0454. The van der Waals surface area contributed by atoms with Gasteiger partial charge in [-0.2, -0.15) is 0 Å². The lowest BCUT2D eigenvalue weighted by atomic mass is 10.1. The predicted molar refractivity (Wildman–Crippen MR) is 53.1 cm³/mol. The maximum atomic E-state index is 13.2. The highest BCUT2D eigenvalue weighted by Crippen LogP contribution is 2.29. The average molecular weight is 330 g/mol. The van der Waals surface area contributed by atoms with Crippen LogP contribution in [0.4, 0.5) is 8.78 Å². The molecule has 76 valence electrons. The van der Waals surface area contributed by atoms with Gasteiger partial charge in [0.25, 0.3) is 0 Å².